The molecular formula is C12H12Au2O12. The van der Waals surface area contributed by atoms with Crippen molar-refractivity contribution in [3.8, 4) is 0 Å². The maximum absolute atomic E-state index is 9.50. The van der Waals surface area contributed by atoms with Crippen molar-refractivity contribution in [2.75, 3.05) is 0 Å². The molecule has 0 saturated carbocycles. The second-order valence-corrected chi connectivity index (χ2v) is 3.73. The van der Waals surface area contributed by atoms with Gasteiger partial charge >= 0.3 is 44.8 Å². The Hall–Kier alpha value is -1.70. The van der Waals surface area contributed by atoms with Crippen LogP contribution in [0.15, 0.2) is 0 Å². The van der Waals surface area contributed by atoms with Crippen molar-refractivity contribution in [1.82, 2.24) is 0 Å². The van der Waals surface area contributed by atoms with Gasteiger partial charge in [0.25, 0.3) is 0 Å². The molecule has 154 valence electrons. The second-order valence-electron chi connectivity index (χ2n) is 3.73. The fraction of sp³-hybridized carbons (Fsp3) is 0.500. The van der Waals surface area contributed by atoms with Gasteiger partial charge in [0.05, 0.1) is 0 Å². The summed E-state index contributed by atoms with van der Waals surface area (Å²) < 4.78 is 0. The first kappa shape index (κ1) is 35.4. The molecule has 0 aliphatic carbocycles. The van der Waals surface area contributed by atoms with E-state index in [0.29, 0.717) is 0 Å². The third-order valence-corrected chi connectivity index (χ3v) is 1.60. The van der Waals surface area contributed by atoms with E-state index in [9.17, 15) is 59.4 Å². The molecular weight excluding hydrogens is 730 g/mol. The van der Waals surface area contributed by atoms with E-state index >= 15 is 0 Å². The zero-order chi connectivity index (χ0) is 19.7. The number of hydrogen-bond donors (Lipinski definition) is 0. The third-order valence-electron chi connectivity index (χ3n) is 1.60. The minimum Gasteiger partial charge on any atom is -0.550 e. The fourth-order valence-corrected chi connectivity index (χ4v) is 0.612. The minimum atomic E-state index is -1.37. The van der Waals surface area contributed by atoms with Crippen LogP contribution in [0, 0.1) is 0 Å². The molecule has 0 radical (unpaired) electrons. The number of carbonyl (C=O) groups excluding carboxylic acids is 6. The van der Waals surface area contributed by atoms with E-state index in [2.05, 4.69) is 0 Å². The van der Waals surface area contributed by atoms with Crippen LogP contribution in [0.3, 0.4) is 0 Å². The Bertz CT molecular complexity index is 355. The van der Waals surface area contributed by atoms with E-state index in [4.69, 9.17) is 0 Å². The minimum absolute atomic E-state index is 0. The summed E-state index contributed by atoms with van der Waals surface area (Å²) in [6, 6.07) is 0. The molecule has 0 aromatic rings. The second kappa shape index (κ2) is 23.3. The Balaban J connectivity index is -0.0000000817. The van der Waals surface area contributed by atoms with Crippen LogP contribution in [0.1, 0.15) is 38.5 Å². The van der Waals surface area contributed by atoms with E-state index in [-0.39, 0.29) is 44.8 Å². The zero-order valence-corrected chi connectivity index (χ0v) is 17.1. The monoisotopic (exact) mass is 742 g/mol. The molecule has 0 aromatic heterocycles. The molecule has 0 bridgehead atoms. The summed E-state index contributed by atoms with van der Waals surface area (Å²) in [6.45, 7) is 0. The van der Waals surface area contributed by atoms with E-state index in [0.717, 1.165) is 0 Å². The predicted molar refractivity (Wildman–Crippen MR) is 57.7 cm³/mol. The molecule has 0 unspecified atom stereocenters. The molecule has 0 aromatic carbocycles. The predicted octanol–water partition coefficient (Wildman–Crippen LogP) is -8.21. The summed E-state index contributed by atoms with van der Waals surface area (Å²) in [5.41, 5.74) is 0. The Labute approximate surface area is 178 Å². The van der Waals surface area contributed by atoms with Gasteiger partial charge in [-0.2, -0.15) is 0 Å². The molecule has 26 heavy (non-hydrogen) atoms. The maximum atomic E-state index is 9.50. The number of carboxylic acids is 6. The largest absolute Gasteiger partial charge is 3.00 e. The van der Waals surface area contributed by atoms with Crippen LogP contribution < -0.4 is 30.6 Å². The number of carbonyl (C=O) groups is 6. The molecule has 12 nitrogen and oxygen atoms in total. The average Bonchev–Trinajstić information content (AvgIpc) is 2.42. The van der Waals surface area contributed by atoms with E-state index in [1.807, 2.05) is 0 Å². The van der Waals surface area contributed by atoms with Gasteiger partial charge < -0.3 is 59.4 Å². The first-order valence-electron chi connectivity index (χ1n) is 6.07. The van der Waals surface area contributed by atoms with Crippen molar-refractivity contribution in [1.29, 1.82) is 0 Å². The molecule has 0 aliphatic heterocycles. The molecule has 0 heterocycles. The summed E-state index contributed by atoms with van der Waals surface area (Å²) in [6.07, 6.45) is -2.82. The number of carboxylic acid groups (broad SMARTS) is 6. The Morgan fingerprint density at radius 1 is 0.346 bits per heavy atom. The van der Waals surface area contributed by atoms with Gasteiger partial charge in [0.1, 0.15) is 0 Å². The Kier molecular flexibility index (Phi) is 31.7. The van der Waals surface area contributed by atoms with Crippen molar-refractivity contribution in [2.45, 2.75) is 38.5 Å². The molecule has 0 aliphatic rings. The Morgan fingerprint density at radius 3 is 0.462 bits per heavy atom. The summed E-state index contributed by atoms with van der Waals surface area (Å²) in [7, 11) is 0. The van der Waals surface area contributed by atoms with Gasteiger partial charge in [0.15, 0.2) is 0 Å². The van der Waals surface area contributed by atoms with Crippen molar-refractivity contribution < 1.29 is 104 Å². The van der Waals surface area contributed by atoms with Gasteiger partial charge in [0, 0.05) is 35.8 Å². The average molecular weight is 742 g/mol. The third kappa shape index (κ3) is 57.2. The zero-order valence-electron chi connectivity index (χ0n) is 12.7. The number of rotatable bonds is 9. The van der Waals surface area contributed by atoms with Gasteiger partial charge in [0.2, 0.25) is 0 Å². The molecule has 0 fully saturated rings. The van der Waals surface area contributed by atoms with Crippen LogP contribution in [-0.4, -0.2) is 35.8 Å². The molecule has 0 saturated heterocycles. The smallest absolute Gasteiger partial charge is 0.550 e. The van der Waals surface area contributed by atoms with Crippen molar-refractivity contribution in [2.24, 2.45) is 0 Å². The quantitative estimate of drug-likeness (QED) is 0.200. The first-order chi connectivity index (χ1) is 10.9. The van der Waals surface area contributed by atoms with Crippen LogP contribution in [0.5, 0.6) is 0 Å². The molecule has 0 spiro atoms. The maximum Gasteiger partial charge on any atom is 3.00 e. The fourth-order valence-electron chi connectivity index (χ4n) is 0.612. The molecule has 0 rings (SSSR count). The first-order valence-corrected chi connectivity index (χ1v) is 6.07. The van der Waals surface area contributed by atoms with Crippen LogP contribution in [0.4, 0.5) is 0 Å². The molecule has 0 atom stereocenters. The summed E-state index contributed by atoms with van der Waals surface area (Å²) in [4.78, 5) is 57.0. The van der Waals surface area contributed by atoms with Gasteiger partial charge in [-0.1, -0.05) is 0 Å². The molecule has 0 amide bonds. The van der Waals surface area contributed by atoms with Crippen molar-refractivity contribution in [3.05, 3.63) is 0 Å². The summed E-state index contributed by atoms with van der Waals surface area (Å²) in [5.74, 6) is -8.20. The van der Waals surface area contributed by atoms with E-state index in [1.165, 1.54) is 0 Å². The standard InChI is InChI=1S/3C4H6O4.2Au/c3*5-3(6)1-2-4(7)8;;/h3*1-2H2,(H,5,6)(H,7,8);;/q;;;2*+3/p-6. The van der Waals surface area contributed by atoms with Gasteiger partial charge in [-0.15, -0.1) is 0 Å². The van der Waals surface area contributed by atoms with Crippen molar-refractivity contribution in [3.63, 3.8) is 0 Å². The van der Waals surface area contributed by atoms with Crippen molar-refractivity contribution >= 4 is 35.8 Å². The van der Waals surface area contributed by atoms with Crippen LogP contribution in [0.25, 0.3) is 0 Å². The van der Waals surface area contributed by atoms with Crippen LogP contribution >= 0.6 is 0 Å². The number of hydrogen-bond acceptors (Lipinski definition) is 12. The van der Waals surface area contributed by atoms with Crippen LogP contribution in [0.2, 0.25) is 0 Å². The summed E-state index contributed by atoms with van der Waals surface area (Å²) in [5, 5.41) is 57.0. The topological polar surface area (TPSA) is 241 Å². The van der Waals surface area contributed by atoms with Gasteiger partial charge in [-0.05, 0) is 38.5 Å². The van der Waals surface area contributed by atoms with Gasteiger partial charge in [-0.25, -0.2) is 0 Å². The SMILES string of the molecule is O=C([O-])CCC(=O)[O-].O=C([O-])CCC(=O)[O-].O=C([O-])CCC(=O)[O-].[Au+3].[Au+3]. The van der Waals surface area contributed by atoms with E-state index < -0.39 is 74.3 Å². The van der Waals surface area contributed by atoms with E-state index in [1.54, 1.807) is 0 Å². The summed E-state index contributed by atoms with van der Waals surface area (Å²) >= 11 is 0. The molecule has 0 N–H and O–H groups in total. The van der Waals surface area contributed by atoms with Gasteiger partial charge in [-0.3, -0.25) is 0 Å². The normalized spacial score (nSPS) is 7.85. The molecule has 14 heteroatoms. The Morgan fingerprint density at radius 2 is 0.423 bits per heavy atom. The number of aliphatic carboxylic acids is 6. The van der Waals surface area contributed by atoms with Crippen LogP contribution in [-0.2, 0) is 73.5 Å².